The molecule has 2 aromatic heterocycles. The first-order chi connectivity index (χ1) is 10.9. The second kappa shape index (κ2) is 7.07. The van der Waals surface area contributed by atoms with Crippen molar-refractivity contribution < 1.29 is 15.5 Å². The molecule has 23 heavy (non-hydrogen) atoms. The molecular formula is C14H24N5O4+. The largest absolute Gasteiger partial charge is 0.390 e. The van der Waals surface area contributed by atoms with E-state index < -0.39 is 17.4 Å². The van der Waals surface area contributed by atoms with E-state index in [-0.39, 0.29) is 19.2 Å². The van der Waals surface area contributed by atoms with Gasteiger partial charge in [0.05, 0.1) is 19.5 Å². The summed E-state index contributed by atoms with van der Waals surface area (Å²) in [5.41, 5.74) is -0.271. The number of aryl methyl sites for hydroxylation is 1. The van der Waals surface area contributed by atoms with Crippen molar-refractivity contribution >= 4 is 11.2 Å². The van der Waals surface area contributed by atoms with Crippen LogP contribution in [0, 0.1) is 0 Å². The van der Waals surface area contributed by atoms with Gasteiger partial charge in [-0.3, -0.25) is 13.9 Å². The monoisotopic (exact) mass is 326 g/mol. The van der Waals surface area contributed by atoms with Crippen LogP contribution >= 0.6 is 0 Å². The van der Waals surface area contributed by atoms with Gasteiger partial charge in [0, 0.05) is 14.1 Å². The van der Waals surface area contributed by atoms with E-state index in [0.717, 1.165) is 11.0 Å². The van der Waals surface area contributed by atoms with Crippen molar-refractivity contribution in [3.05, 3.63) is 27.2 Å². The van der Waals surface area contributed by atoms with Crippen molar-refractivity contribution in [1.82, 2.24) is 18.7 Å². The summed E-state index contributed by atoms with van der Waals surface area (Å²) in [6, 6.07) is 0.0536. The lowest BCUT2D eigenvalue weighted by atomic mass is 10.2. The predicted octanol–water partition coefficient (Wildman–Crippen LogP) is -2.87. The number of aliphatic hydroxyl groups excluding tert-OH is 2. The summed E-state index contributed by atoms with van der Waals surface area (Å²) >= 11 is 0. The minimum atomic E-state index is -0.699. The SMILES string of the molecule is CC[C@H](CO)[NH2+]C[C@@H](O)Cn1cnc2c1c(=O)n(C)c(=O)n2C. The Morgan fingerprint density at radius 2 is 2.00 bits per heavy atom. The fourth-order valence-corrected chi connectivity index (χ4v) is 2.56. The molecule has 0 amide bonds. The zero-order valence-corrected chi connectivity index (χ0v) is 13.6. The average molecular weight is 326 g/mol. The molecule has 0 aliphatic rings. The number of imidazole rings is 1. The maximum absolute atomic E-state index is 12.3. The lowest BCUT2D eigenvalue weighted by molar-refractivity contribution is -0.696. The van der Waals surface area contributed by atoms with Crippen LogP contribution in [0.25, 0.3) is 11.2 Å². The molecule has 0 fully saturated rings. The minimum Gasteiger partial charge on any atom is -0.390 e. The number of fused-ring (bicyclic) bond motifs is 1. The molecule has 9 nitrogen and oxygen atoms in total. The van der Waals surface area contributed by atoms with E-state index >= 15 is 0 Å². The molecule has 0 spiro atoms. The summed E-state index contributed by atoms with van der Waals surface area (Å²) in [6.45, 7) is 2.63. The molecule has 2 heterocycles. The highest BCUT2D eigenvalue weighted by Gasteiger charge is 2.18. The van der Waals surface area contributed by atoms with Crippen LogP contribution in [0.2, 0.25) is 0 Å². The number of nitrogens with two attached hydrogens (primary N) is 1. The van der Waals surface area contributed by atoms with E-state index in [1.165, 1.54) is 17.9 Å². The van der Waals surface area contributed by atoms with E-state index in [2.05, 4.69) is 4.98 Å². The van der Waals surface area contributed by atoms with Gasteiger partial charge in [0.25, 0.3) is 5.56 Å². The Morgan fingerprint density at radius 1 is 1.30 bits per heavy atom. The summed E-state index contributed by atoms with van der Waals surface area (Å²) < 4.78 is 3.90. The van der Waals surface area contributed by atoms with E-state index in [9.17, 15) is 14.7 Å². The predicted molar refractivity (Wildman–Crippen MR) is 84.2 cm³/mol. The number of hydrogen-bond acceptors (Lipinski definition) is 5. The van der Waals surface area contributed by atoms with Crippen LogP contribution in [0.3, 0.4) is 0 Å². The molecule has 0 saturated carbocycles. The lowest BCUT2D eigenvalue weighted by Crippen LogP contribution is -2.92. The molecule has 2 aromatic rings. The van der Waals surface area contributed by atoms with Crippen LogP contribution in [0.1, 0.15) is 13.3 Å². The molecule has 4 N–H and O–H groups in total. The third kappa shape index (κ3) is 3.36. The Hall–Kier alpha value is -1.97. The van der Waals surface area contributed by atoms with Gasteiger partial charge >= 0.3 is 5.69 Å². The fourth-order valence-electron chi connectivity index (χ4n) is 2.56. The molecule has 0 bridgehead atoms. The zero-order valence-electron chi connectivity index (χ0n) is 13.6. The van der Waals surface area contributed by atoms with Crippen LogP contribution in [0.15, 0.2) is 15.9 Å². The van der Waals surface area contributed by atoms with E-state index in [4.69, 9.17) is 5.11 Å². The molecule has 0 aliphatic carbocycles. The summed E-state index contributed by atoms with van der Waals surface area (Å²) in [4.78, 5) is 28.3. The number of rotatable bonds is 7. The minimum absolute atomic E-state index is 0.0536. The summed E-state index contributed by atoms with van der Waals surface area (Å²) in [5, 5.41) is 21.2. The molecule has 2 atom stereocenters. The molecule has 0 aromatic carbocycles. The highest BCUT2D eigenvalue weighted by Crippen LogP contribution is 2.06. The first-order valence-electron chi connectivity index (χ1n) is 7.63. The Kier molecular flexibility index (Phi) is 5.34. The topological polar surface area (TPSA) is 119 Å². The lowest BCUT2D eigenvalue weighted by Gasteiger charge is -2.15. The quantitative estimate of drug-likeness (QED) is 0.505. The molecule has 0 unspecified atom stereocenters. The molecular weight excluding hydrogens is 302 g/mol. The average Bonchev–Trinajstić information content (AvgIpc) is 2.95. The van der Waals surface area contributed by atoms with Gasteiger partial charge < -0.3 is 20.1 Å². The second-order valence-electron chi connectivity index (χ2n) is 5.75. The number of hydrogen-bond donors (Lipinski definition) is 3. The van der Waals surface area contributed by atoms with Gasteiger partial charge in [-0.1, -0.05) is 6.92 Å². The molecule has 9 heteroatoms. The van der Waals surface area contributed by atoms with Crippen molar-refractivity contribution in [2.45, 2.75) is 32.0 Å². The van der Waals surface area contributed by atoms with Gasteiger partial charge in [-0.15, -0.1) is 0 Å². The van der Waals surface area contributed by atoms with Gasteiger partial charge in [0.15, 0.2) is 11.2 Å². The van der Waals surface area contributed by atoms with Gasteiger partial charge in [-0.25, -0.2) is 9.78 Å². The second-order valence-corrected chi connectivity index (χ2v) is 5.75. The highest BCUT2D eigenvalue weighted by molar-refractivity contribution is 5.69. The van der Waals surface area contributed by atoms with Crippen molar-refractivity contribution in [3.8, 4) is 0 Å². The smallest absolute Gasteiger partial charge is 0.332 e. The Labute approximate surface area is 132 Å². The normalized spacial score (nSPS) is 14.3. The molecule has 0 aliphatic heterocycles. The van der Waals surface area contributed by atoms with Crippen molar-refractivity contribution in [2.24, 2.45) is 14.1 Å². The first kappa shape index (κ1) is 17.4. The van der Waals surface area contributed by atoms with Crippen LogP contribution in [0.5, 0.6) is 0 Å². The highest BCUT2D eigenvalue weighted by atomic mass is 16.3. The first-order valence-corrected chi connectivity index (χ1v) is 7.63. The molecule has 0 saturated heterocycles. The Bertz CT molecular complexity index is 787. The van der Waals surface area contributed by atoms with Gasteiger partial charge in [0.2, 0.25) is 0 Å². The molecule has 128 valence electrons. The van der Waals surface area contributed by atoms with E-state index in [1.54, 1.807) is 11.6 Å². The number of quaternary nitrogens is 1. The fraction of sp³-hybridized carbons (Fsp3) is 0.643. The third-order valence-electron chi connectivity index (χ3n) is 4.13. The van der Waals surface area contributed by atoms with Crippen LogP contribution in [-0.4, -0.2) is 54.2 Å². The summed E-state index contributed by atoms with van der Waals surface area (Å²) in [6.07, 6.45) is 1.56. The zero-order chi connectivity index (χ0) is 17.1. The van der Waals surface area contributed by atoms with Crippen molar-refractivity contribution in [1.29, 1.82) is 0 Å². The summed E-state index contributed by atoms with van der Waals surface area (Å²) in [5.74, 6) is 0. The van der Waals surface area contributed by atoms with Crippen LogP contribution < -0.4 is 16.6 Å². The maximum Gasteiger partial charge on any atom is 0.332 e. The van der Waals surface area contributed by atoms with Crippen molar-refractivity contribution in [2.75, 3.05) is 13.2 Å². The standard InChI is InChI=1S/C14H23N5O4/c1-4-9(7-20)15-5-10(21)6-19-8-16-12-11(19)13(22)18(3)14(23)17(12)2/h8-10,15,20-21H,4-7H2,1-3H3/p+1/t9-,10-/m1/s1. The number of aliphatic hydroxyl groups is 2. The van der Waals surface area contributed by atoms with Crippen LogP contribution in [0.4, 0.5) is 0 Å². The van der Waals surface area contributed by atoms with Crippen LogP contribution in [-0.2, 0) is 20.6 Å². The van der Waals surface area contributed by atoms with E-state index in [0.29, 0.717) is 17.7 Å². The number of nitrogens with zero attached hydrogens (tertiary/aromatic N) is 4. The maximum atomic E-state index is 12.3. The summed E-state index contributed by atoms with van der Waals surface area (Å²) in [7, 11) is 2.97. The number of aromatic nitrogens is 4. The van der Waals surface area contributed by atoms with Gasteiger partial charge in [0.1, 0.15) is 18.7 Å². The Morgan fingerprint density at radius 3 is 2.61 bits per heavy atom. The third-order valence-corrected chi connectivity index (χ3v) is 4.13. The van der Waals surface area contributed by atoms with E-state index in [1.807, 2.05) is 12.2 Å². The van der Waals surface area contributed by atoms with Gasteiger partial charge in [-0.05, 0) is 6.42 Å². The molecule has 0 radical (unpaired) electrons. The van der Waals surface area contributed by atoms with Gasteiger partial charge in [-0.2, -0.15) is 0 Å². The van der Waals surface area contributed by atoms with Crippen molar-refractivity contribution in [3.63, 3.8) is 0 Å². The molecule has 2 rings (SSSR count). The Balaban J connectivity index is 2.25.